The summed E-state index contributed by atoms with van der Waals surface area (Å²) in [6.07, 6.45) is 0. The second kappa shape index (κ2) is 6.63. The Morgan fingerprint density at radius 2 is 1.75 bits per heavy atom. The van der Waals surface area contributed by atoms with Gasteiger partial charge in [-0.05, 0) is 47.0 Å². The molecule has 0 unspecified atom stereocenters. The molecule has 3 aromatic carbocycles. The highest BCUT2D eigenvalue weighted by molar-refractivity contribution is 7.89. The predicted octanol–water partition coefficient (Wildman–Crippen LogP) is 3.64. The molecule has 0 aliphatic rings. The van der Waals surface area contributed by atoms with E-state index in [1.54, 1.807) is 25.3 Å². The van der Waals surface area contributed by atoms with Crippen molar-refractivity contribution in [3.63, 3.8) is 0 Å². The first-order chi connectivity index (χ1) is 11.5. The van der Waals surface area contributed by atoms with Gasteiger partial charge in [-0.2, -0.15) is 0 Å². The Balaban J connectivity index is 1.86. The van der Waals surface area contributed by atoms with Crippen LogP contribution in [-0.4, -0.2) is 15.5 Å². The molecule has 5 heteroatoms. The lowest BCUT2D eigenvalue weighted by Gasteiger charge is -2.11. The van der Waals surface area contributed by atoms with Crippen LogP contribution in [0.1, 0.15) is 11.1 Å². The number of ether oxygens (including phenoxy) is 1. The van der Waals surface area contributed by atoms with Gasteiger partial charge < -0.3 is 4.74 Å². The van der Waals surface area contributed by atoms with E-state index in [0.29, 0.717) is 5.75 Å². The van der Waals surface area contributed by atoms with Crippen LogP contribution >= 0.6 is 0 Å². The fourth-order valence-electron chi connectivity index (χ4n) is 2.72. The molecule has 0 amide bonds. The summed E-state index contributed by atoms with van der Waals surface area (Å²) >= 11 is 0. The first-order valence-corrected chi connectivity index (χ1v) is 9.10. The summed E-state index contributed by atoms with van der Waals surface area (Å²) in [6.45, 7) is 2.07. The lowest BCUT2D eigenvalue weighted by atomic mass is 10.1. The van der Waals surface area contributed by atoms with Gasteiger partial charge in [-0.1, -0.05) is 42.5 Å². The first-order valence-electron chi connectivity index (χ1n) is 7.62. The number of sulfonamides is 1. The maximum atomic E-state index is 12.5. The SMILES string of the molecule is COc1ccc(S(=O)(=O)NCc2cccc3ccccc23)cc1C. The lowest BCUT2D eigenvalue weighted by Crippen LogP contribution is -2.23. The largest absolute Gasteiger partial charge is 0.496 e. The summed E-state index contributed by atoms with van der Waals surface area (Å²) in [5.74, 6) is 0.669. The maximum Gasteiger partial charge on any atom is 0.240 e. The molecule has 0 heterocycles. The van der Waals surface area contributed by atoms with Gasteiger partial charge in [0, 0.05) is 6.54 Å². The third kappa shape index (κ3) is 3.27. The normalized spacial score (nSPS) is 11.6. The molecule has 0 aliphatic heterocycles. The molecule has 0 aromatic heterocycles. The summed E-state index contributed by atoms with van der Waals surface area (Å²) in [4.78, 5) is 0.237. The van der Waals surface area contributed by atoms with Crippen LogP contribution in [0.2, 0.25) is 0 Å². The van der Waals surface area contributed by atoms with Gasteiger partial charge in [0.1, 0.15) is 5.75 Å². The number of rotatable bonds is 5. The number of methoxy groups -OCH3 is 1. The van der Waals surface area contributed by atoms with E-state index in [2.05, 4.69) is 4.72 Å². The molecule has 3 aromatic rings. The highest BCUT2D eigenvalue weighted by atomic mass is 32.2. The maximum absolute atomic E-state index is 12.5. The summed E-state index contributed by atoms with van der Waals surface area (Å²) in [7, 11) is -2.02. The standard InChI is InChI=1S/C19H19NO3S/c1-14-12-17(10-11-19(14)23-2)24(21,22)20-13-16-8-5-7-15-6-3-4-9-18(15)16/h3-12,20H,13H2,1-2H3. The van der Waals surface area contributed by atoms with Gasteiger partial charge in [0.15, 0.2) is 0 Å². The lowest BCUT2D eigenvalue weighted by molar-refractivity contribution is 0.411. The van der Waals surface area contributed by atoms with Crippen molar-refractivity contribution in [2.24, 2.45) is 0 Å². The zero-order chi connectivity index (χ0) is 17.2. The van der Waals surface area contributed by atoms with Crippen LogP contribution < -0.4 is 9.46 Å². The van der Waals surface area contributed by atoms with Crippen molar-refractivity contribution < 1.29 is 13.2 Å². The Morgan fingerprint density at radius 3 is 2.50 bits per heavy atom. The zero-order valence-corrected chi connectivity index (χ0v) is 14.4. The Labute approximate surface area is 142 Å². The van der Waals surface area contributed by atoms with Crippen LogP contribution in [0.5, 0.6) is 5.75 Å². The molecule has 0 atom stereocenters. The Morgan fingerprint density at radius 1 is 1.00 bits per heavy atom. The molecule has 24 heavy (non-hydrogen) atoms. The van der Waals surface area contributed by atoms with Gasteiger partial charge >= 0.3 is 0 Å². The Bertz CT molecular complexity index is 976. The number of fused-ring (bicyclic) bond motifs is 1. The van der Waals surface area contributed by atoms with E-state index in [0.717, 1.165) is 21.9 Å². The summed E-state index contributed by atoms with van der Waals surface area (Å²) < 4.78 is 32.9. The monoisotopic (exact) mass is 341 g/mol. The van der Waals surface area contributed by atoms with Crippen molar-refractivity contribution in [2.75, 3.05) is 7.11 Å². The van der Waals surface area contributed by atoms with Crippen LogP contribution in [0, 0.1) is 6.92 Å². The van der Waals surface area contributed by atoms with E-state index in [1.807, 2.05) is 49.4 Å². The van der Waals surface area contributed by atoms with Gasteiger partial charge in [-0.3, -0.25) is 0 Å². The third-order valence-corrected chi connectivity index (χ3v) is 5.41. The predicted molar refractivity (Wildman–Crippen MR) is 95.7 cm³/mol. The van der Waals surface area contributed by atoms with Gasteiger partial charge in [0.2, 0.25) is 10.0 Å². The van der Waals surface area contributed by atoms with Crippen molar-refractivity contribution in [1.82, 2.24) is 4.72 Å². The van der Waals surface area contributed by atoms with Crippen molar-refractivity contribution >= 4 is 20.8 Å². The van der Waals surface area contributed by atoms with Crippen molar-refractivity contribution in [3.05, 3.63) is 71.8 Å². The molecule has 0 bridgehead atoms. The molecule has 124 valence electrons. The quantitative estimate of drug-likeness (QED) is 0.771. The molecule has 3 rings (SSSR count). The number of aryl methyl sites for hydroxylation is 1. The minimum Gasteiger partial charge on any atom is -0.496 e. The van der Waals surface area contributed by atoms with Gasteiger partial charge in [-0.25, -0.2) is 13.1 Å². The highest BCUT2D eigenvalue weighted by Gasteiger charge is 2.15. The Kier molecular flexibility index (Phi) is 4.55. The topological polar surface area (TPSA) is 55.4 Å². The van der Waals surface area contributed by atoms with E-state index < -0.39 is 10.0 Å². The molecule has 0 radical (unpaired) electrons. The van der Waals surface area contributed by atoms with E-state index in [1.165, 1.54) is 0 Å². The first kappa shape index (κ1) is 16.5. The molecule has 0 spiro atoms. The number of hydrogen-bond acceptors (Lipinski definition) is 3. The van der Waals surface area contributed by atoms with Crippen LogP contribution in [0.4, 0.5) is 0 Å². The highest BCUT2D eigenvalue weighted by Crippen LogP contribution is 2.22. The molecule has 1 N–H and O–H groups in total. The Hall–Kier alpha value is -2.37. The smallest absolute Gasteiger partial charge is 0.240 e. The molecule has 0 aliphatic carbocycles. The fraction of sp³-hybridized carbons (Fsp3) is 0.158. The second-order valence-corrected chi connectivity index (χ2v) is 7.36. The molecule has 0 saturated carbocycles. The zero-order valence-electron chi connectivity index (χ0n) is 13.6. The van der Waals surface area contributed by atoms with E-state index >= 15 is 0 Å². The van der Waals surface area contributed by atoms with E-state index in [-0.39, 0.29) is 11.4 Å². The van der Waals surface area contributed by atoms with E-state index in [4.69, 9.17) is 4.74 Å². The van der Waals surface area contributed by atoms with Gasteiger partial charge in [0.25, 0.3) is 0 Å². The minimum absolute atomic E-state index is 0.237. The molecule has 0 saturated heterocycles. The van der Waals surface area contributed by atoms with Crippen LogP contribution in [0.15, 0.2) is 65.6 Å². The second-order valence-electron chi connectivity index (χ2n) is 5.59. The van der Waals surface area contributed by atoms with Gasteiger partial charge in [0.05, 0.1) is 12.0 Å². The summed E-state index contributed by atoms with van der Waals surface area (Å²) in [5.41, 5.74) is 1.73. The summed E-state index contributed by atoms with van der Waals surface area (Å²) in [5, 5.41) is 2.14. The molecule has 0 fully saturated rings. The molecular weight excluding hydrogens is 322 g/mol. The van der Waals surface area contributed by atoms with E-state index in [9.17, 15) is 8.42 Å². The third-order valence-electron chi connectivity index (χ3n) is 4.01. The minimum atomic E-state index is -3.58. The van der Waals surface area contributed by atoms with Crippen LogP contribution in [-0.2, 0) is 16.6 Å². The van der Waals surface area contributed by atoms with Crippen molar-refractivity contribution in [3.8, 4) is 5.75 Å². The van der Waals surface area contributed by atoms with Crippen LogP contribution in [0.3, 0.4) is 0 Å². The number of benzene rings is 3. The molecular formula is C19H19NO3S. The average molecular weight is 341 g/mol. The van der Waals surface area contributed by atoms with Crippen LogP contribution in [0.25, 0.3) is 10.8 Å². The average Bonchev–Trinajstić information content (AvgIpc) is 2.60. The van der Waals surface area contributed by atoms with Gasteiger partial charge in [-0.15, -0.1) is 0 Å². The molecule has 4 nitrogen and oxygen atoms in total. The number of nitrogens with one attached hydrogen (secondary N) is 1. The van der Waals surface area contributed by atoms with Crippen molar-refractivity contribution in [1.29, 1.82) is 0 Å². The fourth-order valence-corrected chi connectivity index (χ4v) is 3.81. The summed E-state index contributed by atoms with van der Waals surface area (Å²) in [6, 6.07) is 18.7. The number of hydrogen-bond donors (Lipinski definition) is 1. The van der Waals surface area contributed by atoms with Crippen molar-refractivity contribution in [2.45, 2.75) is 18.4 Å².